The van der Waals surface area contributed by atoms with Crippen LogP contribution in [0.4, 0.5) is 0 Å². The first-order valence-electron chi connectivity index (χ1n) is 7.86. The standard InChI is InChI=1S/C18H17Br2NO7/c1-21(28)17(26)14(23)8-18(27,7-9-2-4-11(19)12(20)6-9)10-3-5-13(22)16(25)15(10)24/h2-6,22,24-25,27-28H,7-8H2,1H3. The van der Waals surface area contributed by atoms with Gasteiger partial charge in [0.05, 0.1) is 0 Å². The van der Waals surface area contributed by atoms with E-state index in [0.717, 1.165) is 23.7 Å². The van der Waals surface area contributed by atoms with Gasteiger partial charge in [0.1, 0.15) is 5.60 Å². The predicted molar refractivity (Wildman–Crippen MR) is 105 cm³/mol. The normalized spacial score (nSPS) is 13.0. The van der Waals surface area contributed by atoms with Gasteiger partial charge in [-0.15, -0.1) is 0 Å². The van der Waals surface area contributed by atoms with Crippen molar-refractivity contribution in [3.63, 3.8) is 0 Å². The molecule has 10 heteroatoms. The zero-order valence-electron chi connectivity index (χ0n) is 14.6. The van der Waals surface area contributed by atoms with Gasteiger partial charge in [-0.1, -0.05) is 6.07 Å². The number of aliphatic hydroxyl groups is 1. The fraction of sp³-hybridized carbons (Fsp3) is 0.222. The quantitative estimate of drug-likeness (QED) is 0.171. The minimum atomic E-state index is -2.12. The van der Waals surface area contributed by atoms with Crippen LogP contribution in [-0.2, 0) is 21.6 Å². The number of hydroxylamine groups is 2. The van der Waals surface area contributed by atoms with Gasteiger partial charge >= 0.3 is 5.91 Å². The molecule has 5 N–H and O–H groups in total. The number of likely N-dealkylation sites (N-methyl/N-ethyl adjacent to an activating group) is 1. The van der Waals surface area contributed by atoms with Crippen molar-refractivity contribution >= 4 is 43.6 Å². The van der Waals surface area contributed by atoms with Crippen molar-refractivity contribution in [2.75, 3.05) is 7.05 Å². The maximum absolute atomic E-state index is 12.2. The molecule has 0 aromatic heterocycles. The number of phenols is 3. The summed E-state index contributed by atoms with van der Waals surface area (Å²) in [5, 5.41) is 50.1. The Balaban J connectivity index is 2.54. The van der Waals surface area contributed by atoms with Crippen LogP contribution in [0.25, 0.3) is 0 Å². The Morgan fingerprint density at radius 2 is 1.68 bits per heavy atom. The number of amides is 1. The van der Waals surface area contributed by atoms with Gasteiger partial charge in [-0.2, -0.15) is 0 Å². The maximum atomic E-state index is 12.2. The molecule has 0 bridgehead atoms. The highest BCUT2D eigenvalue weighted by Crippen LogP contribution is 2.44. The molecular formula is C18H17Br2NO7. The molecule has 0 aliphatic carbocycles. The first-order valence-corrected chi connectivity index (χ1v) is 9.45. The van der Waals surface area contributed by atoms with Crippen molar-refractivity contribution in [3.8, 4) is 17.2 Å². The van der Waals surface area contributed by atoms with Crippen LogP contribution >= 0.6 is 31.9 Å². The molecule has 8 nitrogen and oxygen atoms in total. The highest BCUT2D eigenvalue weighted by atomic mass is 79.9. The zero-order chi connectivity index (χ0) is 21.2. The summed E-state index contributed by atoms with van der Waals surface area (Å²) in [5.74, 6) is -4.68. The van der Waals surface area contributed by atoms with E-state index in [4.69, 9.17) is 0 Å². The molecule has 0 fully saturated rings. The fourth-order valence-electron chi connectivity index (χ4n) is 2.71. The van der Waals surface area contributed by atoms with E-state index in [1.54, 1.807) is 18.2 Å². The van der Waals surface area contributed by atoms with Crippen LogP contribution < -0.4 is 0 Å². The molecule has 0 aliphatic heterocycles. The molecule has 2 aromatic carbocycles. The van der Waals surface area contributed by atoms with Gasteiger partial charge in [0.15, 0.2) is 11.5 Å². The second kappa shape index (κ2) is 8.48. The Bertz CT molecular complexity index is 932. The van der Waals surface area contributed by atoms with Crippen molar-refractivity contribution in [2.24, 2.45) is 0 Å². The average Bonchev–Trinajstić information content (AvgIpc) is 2.61. The number of halogens is 2. The molecule has 0 saturated heterocycles. The van der Waals surface area contributed by atoms with Crippen LogP contribution in [0.5, 0.6) is 17.2 Å². The van der Waals surface area contributed by atoms with Crippen molar-refractivity contribution in [1.82, 2.24) is 5.06 Å². The predicted octanol–water partition coefficient (Wildman–Crippen LogP) is 2.57. The van der Waals surface area contributed by atoms with Crippen LogP contribution in [0.3, 0.4) is 0 Å². The third-order valence-electron chi connectivity index (χ3n) is 4.10. The number of phenolic OH excluding ortho intramolecular Hbond substituents is 3. The molecule has 0 spiro atoms. The monoisotopic (exact) mass is 517 g/mol. The van der Waals surface area contributed by atoms with Gasteiger partial charge < -0.3 is 20.4 Å². The van der Waals surface area contributed by atoms with Crippen molar-refractivity contribution in [1.29, 1.82) is 0 Å². The lowest BCUT2D eigenvalue weighted by Crippen LogP contribution is -2.38. The number of Topliss-reactive ketones (excluding diaryl/α,β-unsaturated/α-hetero) is 1. The Labute approximate surface area is 176 Å². The van der Waals surface area contributed by atoms with Crippen molar-refractivity contribution in [3.05, 3.63) is 50.4 Å². The lowest BCUT2D eigenvalue weighted by molar-refractivity contribution is -0.167. The SMILES string of the molecule is CN(O)C(=O)C(=O)CC(O)(Cc1ccc(Br)c(Br)c1)c1ccc(O)c(O)c1O. The van der Waals surface area contributed by atoms with E-state index >= 15 is 0 Å². The van der Waals surface area contributed by atoms with Gasteiger partial charge in [0.2, 0.25) is 11.5 Å². The number of carbonyl (C=O) groups is 2. The average molecular weight is 519 g/mol. The topological polar surface area (TPSA) is 139 Å². The highest BCUT2D eigenvalue weighted by molar-refractivity contribution is 9.13. The minimum absolute atomic E-state index is 0.0904. The van der Waals surface area contributed by atoms with Gasteiger partial charge in [-0.3, -0.25) is 14.8 Å². The Morgan fingerprint density at radius 3 is 2.25 bits per heavy atom. The van der Waals surface area contributed by atoms with Crippen LogP contribution in [0, 0.1) is 0 Å². The molecule has 1 amide bonds. The number of carbonyl (C=O) groups excluding carboxylic acids is 2. The van der Waals surface area contributed by atoms with Gasteiger partial charge in [0.25, 0.3) is 0 Å². The number of rotatable bonds is 6. The summed E-state index contributed by atoms with van der Waals surface area (Å²) < 4.78 is 1.42. The van der Waals surface area contributed by atoms with Crippen molar-refractivity contribution < 1.29 is 35.2 Å². The van der Waals surface area contributed by atoms with Crippen molar-refractivity contribution in [2.45, 2.75) is 18.4 Å². The molecule has 0 radical (unpaired) electrons. The van der Waals surface area contributed by atoms with E-state index in [-0.39, 0.29) is 17.0 Å². The largest absolute Gasteiger partial charge is 0.504 e. The van der Waals surface area contributed by atoms with E-state index in [9.17, 15) is 35.2 Å². The number of benzene rings is 2. The second-order valence-corrected chi connectivity index (χ2v) is 7.92. The first kappa shape index (κ1) is 22.2. The van der Waals surface area contributed by atoms with E-state index in [1.807, 2.05) is 0 Å². The molecule has 1 unspecified atom stereocenters. The number of hydrogen-bond acceptors (Lipinski definition) is 7. The second-order valence-electron chi connectivity index (χ2n) is 6.21. The number of hydrogen-bond donors (Lipinski definition) is 5. The summed E-state index contributed by atoms with van der Waals surface area (Å²) in [5.41, 5.74) is -1.84. The lowest BCUT2D eigenvalue weighted by Gasteiger charge is -2.29. The van der Waals surface area contributed by atoms with Gasteiger partial charge in [-0.25, -0.2) is 5.06 Å². The third kappa shape index (κ3) is 4.64. The molecule has 0 aliphatic rings. The van der Waals surface area contributed by atoms with Crippen LogP contribution in [0.1, 0.15) is 17.5 Å². The Morgan fingerprint density at radius 1 is 1.04 bits per heavy atom. The molecule has 2 aromatic rings. The maximum Gasteiger partial charge on any atom is 0.313 e. The summed E-state index contributed by atoms with van der Waals surface area (Å²) in [6, 6.07) is 7.19. The molecule has 1 atom stereocenters. The smallest absolute Gasteiger partial charge is 0.313 e. The summed E-state index contributed by atoms with van der Waals surface area (Å²) in [6.07, 6.45) is -1.01. The van der Waals surface area contributed by atoms with E-state index in [1.165, 1.54) is 0 Å². The molecule has 150 valence electrons. The lowest BCUT2D eigenvalue weighted by atomic mass is 9.82. The van der Waals surface area contributed by atoms with E-state index < -0.39 is 41.0 Å². The summed E-state index contributed by atoms with van der Waals surface area (Å²) in [6.45, 7) is 0. The summed E-state index contributed by atoms with van der Waals surface area (Å²) >= 11 is 6.64. The number of ketones is 1. The third-order valence-corrected chi connectivity index (χ3v) is 5.98. The zero-order valence-corrected chi connectivity index (χ0v) is 17.7. The van der Waals surface area contributed by atoms with Gasteiger partial charge in [0, 0.05) is 34.4 Å². The van der Waals surface area contributed by atoms with E-state index in [0.29, 0.717) is 10.0 Å². The highest BCUT2D eigenvalue weighted by Gasteiger charge is 2.38. The number of nitrogens with zero attached hydrogens (tertiary/aromatic N) is 1. The Kier molecular flexibility index (Phi) is 6.71. The van der Waals surface area contributed by atoms with E-state index in [2.05, 4.69) is 31.9 Å². The van der Waals surface area contributed by atoms with Crippen LogP contribution in [0.15, 0.2) is 39.3 Å². The van der Waals surface area contributed by atoms with Gasteiger partial charge in [-0.05, 0) is 61.7 Å². The molecule has 0 saturated carbocycles. The molecular weight excluding hydrogens is 502 g/mol. The summed E-state index contributed by atoms with van der Waals surface area (Å²) in [4.78, 5) is 24.0. The summed E-state index contributed by atoms with van der Waals surface area (Å²) in [7, 11) is 0.967. The first-order chi connectivity index (χ1) is 13.0. The number of aromatic hydroxyl groups is 3. The minimum Gasteiger partial charge on any atom is -0.504 e. The van der Waals surface area contributed by atoms with Crippen LogP contribution in [0.2, 0.25) is 0 Å². The fourth-order valence-corrected chi connectivity index (χ4v) is 3.38. The molecule has 2 rings (SSSR count). The Hall–Kier alpha value is -2.14. The molecule has 0 heterocycles. The van der Waals surface area contributed by atoms with Crippen LogP contribution in [-0.4, -0.2) is 49.4 Å². The molecule has 28 heavy (non-hydrogen) atoms.